The fraction of sp³-hybridized carbons (Fsp3) is 0.222. The summed E-state index contributed by atoms with van der Waals surface area (Å²) < 4.78 is 20.4. The van der Waals surface area contributed by atoms with Crippen LogP contribution in [-0.4, -0.2) is 39.8 Å². The van der Waals surface area contributed by atoms with E-state index in [0.717, 1.165) is 0 Å². The second-order valence-electron chi connectivity index (χ2n) is 4.96. The third-order valence-electron chi connectivity index (χ3n) is 3.26. The number of methoxy groups -OCH3 is 3. The van der Waals surface area contributed by atoms with Crippen LogP contribution in [0.15, 0.2) is 42.5 Å². The van der Waals surface area contributed by atoms with Crippen LogP contribution >= 0.6 is 0 Å². The van der Waals surface area contributed by atoms with E-state index in [2.05, 4.69) is 10.1 Å². The van der Waals surface area contributed by atoms with Crippen molar-refractivity contribution in [1.82, 2.24) is 0 Å². The molecule has 7 heteroatoms. The first-order valence-corrected chi connectivity index (χ1v) is 7.40. The van der Waals surface area contributed by atoms with Gasteiger partial charge in [-0.2, -0.15) is 0 Å². The number of rotatable bonds is 7. The van der Waals surface area contributed by atoms with Gasteiger partial charge in [0, 0.05) is 23.9 Å². The summed E-state index contributed by atoms with van der Waals surface area (Å²) in [5.74, 6) is 0.704. The van der Waals surface area contributed by atoms with Crippen molar-refractivity contribution in [1.29, 1.82) is 0 Å². The van der Waals surface area contributed by atoms with Gasteiger partial charge in [-0.15, -0.1) is 0 Å². The van der Waals surface area contributed by atoms with Crippen molar-refractivity contribution in [3.8, 4) is 17.2 Å². The van der Waals surface area contributed by atoms with Crippen LogP contribution in [-0.2, 0) is 9.53 Å². The van der Waals surface area contributed by atoms with E-state index in [0.29, 0.717) is 28.5 Å². The molecule has 0 bridgehead atoms. The average Bonchev–Trinajstić information content (AvgIpc) is 2.65. The Morgan fingerprint density at radius 3 is 2.16 bits per heavy atom. The molecule has 0 heterocycles. The number of carbonyl (C=O) groups is 2. The van der Waals surface area contributed by atoms with E-state index in [-0.39, 0.29) is 12.5 Å². The minimum absolute atomic E-state index is 0.210. The van der Waals surface area contributed by atoms with Crippen LogP contribution in [0.1, 0.15) is 10.4 Å². The highest BCUT2D eigenvalue weighted by atomic mass is 16.5. The number of hydrogen-bond donors (Lipinski definition) is 1. The van der Waals surface area contributed by atoms with Crippen LogP contribution in [0.4, 0.5) is 5.69 Å². The second kappa shape index (κ2) is 8.58. The molecule has 0 spiro atoms. The van der Waals surface area contributed by atoms with Gasteiger partial charge in [-0.05, 0) is 18.2 Å². The molecule has 0 fully saturated rings. The standard InChI is InChI=1S/C18H19NO6/c1-22-14-8-15(23-2)10-16(9-14)25-11-17(20)19-13-6-4-5-12(7-13)18(21)24-3/h4-10H,11H2,1-3H3,(H,19,20). The third-order valence-corrected chi connectivity index (χ3v) is 3.26. The second-order valence-corrected chi connectivity index (χ2v) is 4.96. The Morgan fingerprint density at radius 2 is 1.56 bits per heavy atom. The Kier molecular flexibility index (Phi) is 6.22. The summed E-state index contributed by atoms with van der Waals surface area (Å²) in [7, 11) is 4.35. The van der Waals surface area contributed by atoms with E-state index in [1.165, 1.54) is 27.4 Å². The van der Waals surface area contributed by atoms with Gasteiger partial charge in [0.05, 0.1) is 26.9 Å². The SMILES string of the molecule is COC(=O)c1cccc(NC(=O)COc2cc(OC)cc(OC)c2)c1. The zero-order valence-electron chi connectivity index (χ0n) is 14.2. The highest BCUT2D eigenvalue weighted by Crippen LogP contribution is 2.27. The molecule has 2 aromatic rings. The Bertz CT molecular complexity index is 737. The smallest absolute Gasteiger partial charge is 0.337 e. The van der Waals surface area contributed by atoms with Crippen molar-refractivity contribution in [2.75, 3.05) is 33.3 Å². The maximum absolute atomic E-state index is 12.0. The van der Waals surface area contributed by atoms with Crippen molar-refractivity contribution < 1.29 is 28.5 Å². The highest BCUT2D eigenvalue weighted by molar-refractivity contribution is 5.95. The fourth-order valence-electron chi connectivity index (χ4n) is 2.05. The molecule has 0 atom stereocenters. The van der Waals surface area contributed by atoms with E-state index in [1.807, 2.05) is 0 Å². The van der Waals surface area contributed by atoms with Crippen LogP contribution in [0, 0.1) is 0 Å². The number of anilines is 1. The number of carbonyl (C=O) groups excluding carboxylic acids is 2. The molecule has 0 saturated heterocycles. The minimum atomic E-state index is -0.476. The molecule has 0 aliphatic carbocycles. The zero-order chi connectivity index (χ0) is 18.2. The Balaban J connectivity index is 1.98. The number of hydrogen-bond acceptors (Lipinski definition) is 6. The quantitative estimate of drug-likeness (QED) is 0.777. The van der Waals surface area contributed by atoms with Gasteiger partial charge >= 0.3 is 5.97 Å². The minimum Gasteiger partial charge on any atom is -0.496 e. The average molecular weight is 345 g/mol. The van der Waals surface area contributed by atoms with Gasteiger partial charge in [-0.3, -0.25) is 4.79 Å². The molecule has 0 unspecified atom stereocenters. The molecule has 1 amide bonds. The summed E-state index contributed by atoms with van der Waals surface area (Å²) in [6.07, 6.45) is 0. The molecule has 7 nitrogen and oxygen atoms in total. The molecule has 2 rings (SSSR count). The van der Waals surface area contributed by atoms with Crippen molar-refractivity contribution in [3.63, 3.8) is 0 Å². The summed E-state index contributed by atoms with van der Waals surface area (Å²) in [6.45, 7) is -0.210. The zero-order valence-corrected chi connectivity index (χ0v) is 14.2. The fourth-order valence-corrected chi connectivity index (χ4v) is 2.05. The molecule has 25 heavy (non-hydrogen) atoms. The summed E-state index contributed by atoms with van der Waals surface area (Å²) in [6, 6.07) is 11.4. The number of ether oxygens (including phenoxy) is 4. The van der Waals surface area contributed by atoms with Gasteiger partial charge in [0.15, 0.2) is 6.61 Å². The predicted octanol–water partition coefficient (Wildman–Crippen LogP) is 2.51. The molecule has 0 saturated carbocycles. The number of nitrogens with one attached hydrogen (secondary N) is 1. The highest BCUT2D eigenvalue weighted by Gasteiger charge is 2.09. The summed E-state index contributed by atoms with van der Waals surface area (Å²) in [5, 5.41) is 2.65. The summed E-state index contributed by atoms with van der Waals surface area (Å²) in [5.41, 5.74) is 0.818. The lowest BCUT2D eigenvalue weighted by Crippen LogP contribution is -2.20. The Hall–Kier alpha value is -3.22. The van der Waals surface area contributed by atoms with Crippen molar-refractivity contribution >= 4 is 17.6 Å². The first kappa shape index (κ1) is 18.1. The van der Waals surface area contributed by atoms with Gasteiger partial charge in [0.25, 0.3) is 5.91 Å². The molecule has 132 valence electrons. The van der Waals surface area contributed by atoms with Crippen LogP contribution in [0.25, 0.3) is 0 Å². The van der Waals surface area contributed by atoms with Gasteiger partial charge in [0.1, 0.15) is 17.2 Å². The van der Waals surface area contributed by atoms with Gasteiger partial charge in [-0.1, -0.05) is 6.07 Å². The Morgan fingerprint density at radius 1 is 0.920 bits per heavy atom. The molecule has 0 aliphatic rings. The number of benzene rings is 2. The largest absolute Gasteiger partial charge is 0.496 e. The molecule has 0 aliphatic heterocycles. The molecule has 2 aromatic carbocycles. The van der Waals surface area contributed by atoms with E-state index in [1.54, 1.807) is 36.4 Å². The summed E-state index contributed by atoms with van der Waals surface area (Å²) in [4.78, 5) is 23.5. The molecular weight excluding hydrogens is 326 g/mol. The summed E-state index contributed by atoms with van der Waals surface area (Å²) >= 11 is 0. The van der Waals surface area contributed by atoms with Gasteiger partial charge < -0.3 is 24.3 Å². The first-order valence-electron chi connectivity index (χ1n) is 7.40. The Labute approximate surface area is 145 Å². The normalized spacial score (nSPS) is 9.88. The van der Waals surface area contributed by atoms with E-state index >= 15 is 0 Å². The van der Waals surface area contributed by atoms with E-state index in [9.17, 15) is 9.59 Å². The first-order chi connectivity index (χ1) is 12.0. The van der Waals surface area contributed by atoms with Crippen LogP contribution < -0.4 is 19.5 Å². The van der Waals surface area contributed by atoms with Gasteiger partial charge in [0.2, 0.25) is 0 Å². The molecule has 0 radical (unpaired) electrons. The van der Waals surface area contributed by atoms with Crippen molar-refractivity contribution in [3.05, 3.63) is 48.0 Å². The van der Waals surface area contributed by atoms with E-state index < -0.39 is 5.97 Å². The van der Waals surface area contributed by atoms with Gasteiger partial charge in [-0.25, -0.2) is 4.79 Å². The lowest BCUT2D eigenvalue weighted by Gasteiger charge is -2.11. The predicted molar refractivity (Wildman–Crippen MR) is 91.5 cm³/mol. The molecular formula is C18H19NO6. The lowest BCUT2D eigenvalue weighted by atomic mass is 10.2. The van der Waals surface area contributed by atoms with E-state index in [4.69, 9.17) is 14.2 Å². The number of amides is 1. The van der Waals surface area contributed by atoms with Crippen molar-refractivity contribution in [2.45, 2.75) is 0 Å². The maximum Gasteiger partial charge on any atom is 0.337 e. The number of esters is 1. The van der Waals surface area contributed by atoms with Crippen molar-refractivity contribution in [2.24, 2.45) is 0 Å². The molecule has 0 aromatic heterocycles. The monoisotopic (exact) mass is 345 g/mol. The van der Waals surface area contributed by atoms with Crippen LogP contribution in [0.5, 0.6) is 17.2 Å². The molecule has 1 N–H and O–H groups in total. The maximum atomic E-state index is 12.0. The topological polar surface area (TPSA) is 83.1 Å². The van der Waals surface area contributed by atoms with Crippen LogP contribution in [0.3, 0.4) is 0 Å². The lowest BCUT2D eigenvalue weighted by molar-refractivity contribution is -0.118. The van der Waals surface area contributed by atoms with Crippen LogP contribution in [0.2, 0.25) is 0 Å². The third kappa shape index (κ3) is 5.13.